The SMILES string of the molecule is COc1cc(C[n+]2cn(CCn3c[n+](Cc4cc(OC)c(OC)c(OC)c4)c4ccccc43)c3ccccc32)cc(OC)c1OC. The zero-order valence-electron chi connectivity index (χ0n) is 27.1. The maximum atomic E-state index is 5.60. The van der Waals surface area contributed by atoms with Gasteiger partial charge in [-0.25, -0.2) is 18.3 Å². The summed E-state index contributed by atoms with van der Waals surface area (Å²) in [5.41, 5.74) is 6.71. The first-order chi connectivity index (χ1) is 22.5. The second-order valence-corrected chi connectivity index (χ2v) is 10.9. The van der Waals surface area contributed by atoms with E-state index in [1.165, 1.54) is 0 Å². The third-order valence-corrected chi connectivity index (χ3v) is 8.30. The van der Waals surface area contributed by atoms with E-state index in [0.29, 0.717) is 47.6 Å². The first-order valence-corrected chi connectivity index (χ1v) is 15.0. The number of aryl methyl sites for hydroxylation is 2. The lowest BCUT2D eigenvalue weighted by molar-refractivity contribution is -0.663. The second kappa shape index (κ2) is 13.3. The predicted octanol–water partition coefficient (Wildman–Crippen LogP) is 5.02. The average molecular weight is 625 g/mol. The van der Waals surface area contributed by atoms with Crippen molar-refractivity contribution < 1.29 is 37.6 Å². The van der Waals surface area contributed by atoms with Crippen molar-refractivity contribution in [2.45, 2.75) is 26.2 Å². The topological polar surface area (TPSA) is 73.0 Å². The van der Waals surface area contributed by atoms with Crippen molar-refractivity contribution in [2.24, 2.45) is 0 Å². The maximum absolute atomic E-state index is 5.60. The van der Waals surface area contributed by atoms with Crippen LogP contribution in [0.2, 0.25) is 0 Å². The van der Waals surface area contributed by atoms with Crippen molar-refractivity contribution in [3.8, 4) is 34.5 Å². The molecule has 0 amide bonds. The van der Waals surface area contributed by atoms with Crippen LogP contribution in [0.3, 0.4) is 0 Å². The minimum atomic E-state index is 0.586. The van der Waals surface area contributed by atoms with Gasteiger partial charge in [0.25, 0.3) is 0 Å². The minimum absolute atomic E-state index is 0.586. The summed E-state index contributed by atoms with van der Waals surface area (Å²) in [6.07, 6.45) is 4.37. The number of nitrogens with zero attached hydrogens (tertiary/aromatic N) is 4. The molecule has 2 heterocycles. The van der Waals surface area contributed by atoms with Crippen LogP contribution in [0.4, 0.5) is 0 Å². The number of hydrogen-bond donors (Lipinski definition) is 0. The molecule has 6 rings (SSSR count). The number of rotatable bonds is 13. The fourth-order valence-corrected chi connectivity index (χ4v) is 6.16. The molecule has 4 aromatic carbocycles. The molecule has 0 aliphatic rings. The van der Waals surface area contributed by atoms with Crippen LogP contribution in [0, 0.1) is 0 Å². The molecule has 46 heavy (non-hydrogen) atoms. The highest BCUT2D eigenvalue weighted by Crippen LogP contribution is 2.39. The lowest BCUT2D eigenvalue weighted by Gasteiger charge is -2.13. The molecule has 0 saturated heterocycles. The summed E-state index contributed by atoms with van der Waals surface area (Å²) in [6, 6.07) is 24.9. The van der Waals surface area contributed by atoms with E-state index in [9.17, 15) is 0 Å². The fourth-order valence-electron chi connectivity index (χ4n) is 6.16. The molecule has 10 nitrogen and oxygen atoms in total. The fraction of sp³-hybridized carbons (Fsp3) is 0.278. The Kier molecular flexibility index (Phi) is 8.87. The van der Waals surface area contributed by atoms with Gasteiger partial charge in [-0.05, 0) is 48.5 Å². The van der Waals surface area contributed by atoms with Gasteiger partial charge in [0.2, 0.25) is 24.2 Å². The average Bonchev–Trinajstić information content (AvgIpc) is 3.63. The quantitative estimate of drug-likeness (QED) is 0.168. The van der Waals surface area contributed by atoms with Gasteiger partial charge in [0.1, 0.15) is 26.2 Å². The molecular formula is C36H40N4O6+2. The Bertz CT molecular complexity index is 1800. The zero-order chi connectivity index (χ0) is 32.2. The van der Waals surface area contributed by atoms with Crippen molar-refractivity contribution in [3.63, 3.8) is 0 Å². The highest BCUT2D eigenvalue weighted by atomic mass is 16.5. The van der Waals surface area contributed by atoms with Gasteiger partial charge < -0.3 is 28.4 Å². The van der Waals surface area contributed by atoms with Gasteiger partial charge in [0, 0.05) is 11.1 Å². The highest BCUT2D eigenvalue weighted by Gasteiger charge is 2.22. The van der Waals surface area contributed by atoms with Gasteiger partial charge >= 0.3 is 0 Å². The number of para-hydroxylation sites is 4. The van der Waals surface area contributed by atoms with E-state index in [0.717, 1.165) is 46.3 Å². The number of ether oxygens (including phenoxy) is 6. The van der Waals surface area contributed by atoms with E-state index in [4.69, 9.17) is 28.4 Å². The zero-order valence-corrected chi connectivity index (χ0v) is 27.1. The maximum Gasteiger partial charge on any atom is 0.245 e. The molecule has 0 unspecified atom stereocenters. The van der Waals surface area contributed by atoms with Crippen molar-refractivity contribution in [1.29, 1.82) is 0 Å². The summed E-state index contributed by atoms with van der Waals surface area (Å²) in [5.74, 6) is 3.73. The number of aromatic nitrogens is 4. The smallest absolute Gasteiger partial charge is 0.245 e. The first-order valence-electron chi connectivity index (χ1n) is 15.0. The predicted molar refractivity (Wildman–Crippen MR) is 175 cm³/mol. The van der Waals surface area contributed by atoms with Gasteiger partial charge in [0.15, 0.2) is 45.1 Å². The van der Waals surface area contributed by atoms with Crippen LogP contribution in [-0.4, -0.2) is 51.8 Å². The molecule has 0 fully saturated rings. The minimum Gasteiger partial charge on any atom is -0.493 e. The lowest BCUT2D eigenvalue weighted by atomic mass is 10.1. The van der Waals surface area contributed by atoms with Crippen LogP contribution in [0.15, 0.2) is 85.5 Å². The van der Waals surface area contributed by atoms with Crippen molar-refractivity contribution in [3.05, 3.63) is 96.6 Å². The molecule has 238 valence electrons. The number of hydrogen-bond acceptors (Lipinski definition) is 6. The molecule has 6 aromatic rings. The van der Waals surface area contributed by atoms with Gasteiger partial charge in [-0.1, -0.05) is 24.3 Å². The van der Waals surface area contributed by atoms with Crippen LogP contribution in [0.1, 0.15) is 11.1 Å². The summed E-state index contributed by atoms with van der Waals surface area (Å²) in [4.78, 5) is 0. The number of benzene rings is 4. The van der Waals surface area contributed by atoms with Crippen LogP contribution >= 0.6 is 0 Å². The number of methoxy groups -OCH3 is 6. The Morgan fingerprint density at radius 2 is 0.826 bits per heavy atom. The van der Waals surface area contributed by atoms with E-state index in [2.05, 4.69) is 79.5 Å². The van der Waals surface area contributed by atoms with E-state index in [1.807, 2.05) is 24.3 Å². The molecule has 0 bridgehead atoms. The Morgan fingerprint density at radius 3 is 1.15 bits per heavy atom. The van der Waals surface area contributed by atoms with Crippen LogP contribution in [0.5, 0.6) is 34.5 Å². The monoisotopic (exact) mass is 624 g/mol. The molecule has 2 aromatic heterocycles. The molecule has 0 spiro atoms. The molecule has 10 heteroatoms. The summed E-state index contributed by atoms with van der Waals surface area (Å²) in [7, 11) is 9.79. The first kappa shape index (κ1) is 30.6. The van der Waals surface area contributed by atoms with Crippen molar-refractivity contribution in [2.75, 3.05) is 42.7 Å². The van der Waals surface area contributed by atoms with Gasteiger partial charge in [-0.2, -0.15) is 0 Å². The van der Waals surface area contributed by atoms with E-state index >= 15 is 0 Å². The van der Waals surface area contributed by atoms with E-state index < -0.39 is 0 Å². The van der Waals surface area contributed by atoms with Crippen molar-refractivity contribution >= 4 is 22.1 Å². The number of fused-ring (bicyclic) bond motifs is 2. The summed E-state index contributed by atoms with van der Waals surface area (Å²) >= 11 is 0. The van der Waals surface area contributed by atoms with Gasteiger partial charge in [0.05, 0.1) is 42.7 Å². The standard InChI is InChI=1S/C36H40N4O6/c1-41-31-17-25(18-32(42-2)35(31)45-5)21-39-23-37(27-11-7-9-13-29(27)39)15-16-38-24-40(30-14-10-8-12-28(30)38)22-26-19-33(43-3)36(46-6)34(20-26)44-4/h7-14,17-20,23-24H,15-16,21-22H2,1-6H3/q+2. The van der Waals surface area contributed by atoms with Crippen molar-refractivity contribution in [1.82, 2.24) is 9.13 Å². The highest BCUT2D eigenvalue weighted by molar-refractivity contribution is 5.72. The Labute approximate surface area is 268 Å². The Balaban J connectivity index is 1.30. The van der Waals surface area contributed by atoms with Crippen LogP contribution < -0.4 is 37.6 Å². The molecule has 0 saturated carbocycles. The van der Waals surface area contributed by atoms with E-state index in [1.54, 1.807) is 42.7 Å². The molecule has 0 atom stereocenters. The second-order valence-electron chi connectivity index (χ2n) is 10.9. The largest absolute Gasteiger partial charge is 0.493 e. The van der Waals surface area contributed by atoms with Gasteiger partial charge in [-0.3, -0.25) is 0 Å². The molecule has 0 aliphatic heterocycles. The van der Waals surface area contributed by atoms with Crippen LogP contribution in [0.25, 0.3) is 22.1 Å². The van der Waals surface area contributed by atoms with Gasteiger partial charge in [-0.15, -0.1) is 0 Å². The normalized spacial score (nSPS) is 11.2. The summed E-state index contributed by atoms with van der Waals surface area (Å²) in [6.45, 7) is 2.86. The third kappa shape index (κ3) is 5.74. The summed E-state index contributed by atoms with van der Waals surface area (Å²) < 4.78 is 42.6. The summed E-state index contributed by atoms with van der Waals surface area (Å²) in [5, 5.41) is 0. The van der Waals surface area contributed by atoms with E-state index in [-0.39, 0.29) is 0 Å². The Morgan fingerprint density at radius 1 is 0.478 bits per heavy atom. The van der Waals surface area contributed by atoms with Crippen LogP contribution in [-0.2, 0) is 26.2 Å². The molecule has 0 N–H and O–H groups in total. The third-order valence-electron chi connectivity index (χ3n) is 8.30. The molecule has 0 radical (unpaired) electrons. The Hall–Kier alpha value is -5.38. The molecular weight excluding hydrogens is 584 g/mol. The number of imidazole rings is 2. The lowest BCUT2D eigenvalue weighted by Crippen LogP contribution is -2.33. The molecule has 0 aliphatic carbocycles.